The Morgan fingerprint density at radius 2 is 1.33 bits per heavy atom. The predicted octanol–water partition coefficient (Wildman–Crippen LogP) is 11.0. The van der Waals surface area contributed by atoms with Crippen molar-refractivity contribution in [3.8, 4) is 50.6 Å². The number of nitrogens with zero attached hydrogens (tertiary/aromatic N) is 1. The molecule has 6 nitrogen and oxygen atoms in total. The molecular formula is C52H45NO5. The maximum atomic E-state index is 12.9. The molecule has 1 aliphatic carbocycles. The number of rotatable bonds is 8. The zero-order valence-electron chi connectivity index (χ0n) is 33.0. The van der Waals surface area contributed by atoms with Gasteiger partial charge in [0.2, 0.25) is 0 Å². The van der Waals surface area contributed by atoms with Crippen LogP contribution in [-0.4, -0.2) is 45.6 Å². The van der Waals surface area contributed by atoms with Crippen molar-refractivity contribution in [2.75, 3.05) is 45.4 Å². The lowest BCUT2D eigenvalue weighted by atomic mass is 9.79. The minimum Gasteiger partial charge on any atom is -0.497 e. The first-order chi connectivity index (χ1) is 28.5. The van der Waals surface area contributed by atoms with Crippen LogP contribution >= 0.6 is 0 Å². The topological polar surface area (TPSA) is 60.4 Å². The van der Waals surface area contributed by atoms with Crippen molar-refractivity contribution in [3.63, 3.8) is 0 Å². The van der Waals surface area contributed by atoms with Crippen LogP contribution in [0.5, 0.6) is 17.2 Å². The summed E-state index contributed by atoms with van der Waals surface area (Å²) in [6.07, 6.45) is 4.83. The standard InChI is InChI=1S/C52H45NO5/c1-4-51(54)46-13-9-8-12-41(46)48-44-32-43(36-16-14-35(15-17-36)34-10-6-5-7-11-34)47(56-3)33-45(44)50-42(49(48)51)26-27-52(58-50,38-20-24-40(55-2)25-21-38)37-18-22-39(23-19-37)53-28-30-57-31-29-53/h5-27,32-33,54H,4,28-31H2,1-3H3. The van der Waals surface area contributed by atoms with Crippen molar-refractivity contribution in [1.82, 2.24) is 0 Å². The van der Waals surface area contributed by atoms with Crippen LogP contribution in [-0.2, 0) is 15.9 Å². The number of aliphatic hydroxyl groups is 1. The average Bonchev–Trinajstić information content (AvgIpc) is 3.58. The first kappa shape index (κ1) is 36.0. The van der Waals surface area contributed by atoms with Gasteiger partial charge >= 0.3 is 0 Å². The van der Waals surface area contributed by atoms with Crippen LogP contribution in [0.2, 0.25) is 0 Å². The second-order valence-corrected chi connectivity index (χ2v) is 15.3. The van der Waals surface area contributed by atoms with E-state index in [4.69, 9.17) is 18.9 Å². The van der Waals surface area contributed by atoms with Gasteiger partial charge in [0.15, 0.2) is 5.60 Å². The van der Waals surface area contributed by atoms with Crippen LogP contribution in [0.4, 0.5) is 5.69 Å². The van der Waals surface area contributed by atoms with Crippen molar-refractivity contribution in [3.05, 3.63) is 173 Å². The zero-order valence-corrected chi connectivity index (χ0v) is 33.0. The van der Waals surface area contributed by atoms with Gasteiger partial charge in [0.05, 0.1) is 27.4 Å². The van der Waals surface area contributed by atoms with Crippen molar-refractivity contribution in [1.29, 1.82) is 0 Å². The third-order valence-corrected chi connectivity index (χ3v) is 12.4. The van der Waals surface area contributed by atoms with Gasteiger partial charge in [-0.25, -0.2) is 0 Å². The lowest BCUT2D eigenvalue weighted by molar-refractivity contribution is 0.0801. The summed E-state index contributed by atoms with van der Waals surface area (Å²) in [7, 11) is 3.41. The van der Waals surface area contributed by atoms with Gasteiger partial charge in [-0.05, 0) is 87.7 Å². The molecule has 288 valence electrons. The number of fused-ring (bicyclic) bond motifs is 8. The molecule has 3 aliphatic rings. The molecule has 0 aromatic heterocycles. The second-order valence-electron chi connectivity index (χ2n) is 15.3. The molecule has 1 N–H and O–H groups in total. The first-order valence-electron chi connectivity index (χ1n) is 20.1. The van der Waals surface area contributed by atoms with Gasteiger partial charge in [0, 0.05) is 52.0 Å². The van der Waals surface area contributed by atoms with E-state index in [1.165, 1.54) is 5.56 Å². The second kappa shape index (κ2) is 14.2. The number of anilines is 1. The van der Waals surface area contributed by atoms with Gasteiger partial charge in [-0.3, -0.25) is 0 Å². The lowest BCUT2D eigenvalue weighted by Crippen LogP contribution is -2.37. The Hall–Kier alpha value is -6.34. The summed E-state index contributed by atoms with van der Waals surface area (Å²) >= 11 is 0. The fourth-order valence-electron chi connectivity index (χ4n) is 9.36. The van der Waals surface area contributed by atoms with E-state index in [1.54, 1.807) is 14.2 Å². The minimum atomic E-state index is -1.23. The van der Waals surface area contributed by atoms with E-state index in [0.29, 0.717) is 12.2 Å². The molecule has 0 saturated carbocycles. The lowest BCUT2D eigenvalue weighted by Gasteiger charge is -2.39. The van der Waals surface area contributed by atoms with Crippen LogP contribution in [0.25, 0.3) is 50.2 Å². The molecule has 2 heterocycles. The highest BCUT2D eigenvalue weighted by molar-refractivity contribution is 6.10. The van der Waals surface area contributed by atoms with E-state index < -0.39 is 11.2 Å². The highest BCUT2D eigenvalue weighted by atomic mass is 16.5. The molecular weight excluding hydrogens is 719 g/mol. The summed E-state index contributed by atoms with van der Waals surface area (Å²) in [5.41, 5.74) is 9.90. The molecule has 2 aliphatic heterocycles. The van der Waals surface area contributed by atoms with Gasteiger partial charge < -0.3 is 29.0 Å². The third-order valence-electron chi connectivity index (χ3n) is 12.4. The van der Waals surface area contributed by atoms with Gasteiger partial charge in [0.25, 0.3) is 0 Å². The number of ether oxygens (including phenoxy) is 4. The molecule has 2 atom stereocenters. The number of hydrogen-bond donors (Lipinski definition) is 1. The molecule has 2 unspecified atom stereocenters. The fourth-order valence-corrected chi connectivity index (χ4v) is 9.36. The Kier molecular flexibility index (Phi) is 8.85. The van der Waals surface area contributed by atoms with Crippen LogP contribution in [0.1, 0.15) is 41.2 Å². The number of hydrogen-bond acceptors (Lipinski definition) is 6. The summed E-state index contributed by atoms with van der Waals surface area (Å²) in [5.74, 6) is 2.21. The Bertz CT molecular complexity index is 2680. The third kappa shape index (κ3) is 5.62. The van der Waals surface area contributed by atoms with E-state index in [0.717, 1.165) is 110 Å². The molecule has 1 saturated heterocycles. The molecule has 1 fully saturated rings. The largest absolute Gasteiger partial charge is 0.497 e. The summed E-state index contributed by atoms with van der Waals surface area (Å²) in [6.45, 7) is 5.20. The molecule has 0 amide bonds. The predicted molar refractivity (Wildman–Crippen MR) is 233 cm³/mol. The highest BCUT2D eigenvalue weighted by Gasteiger charge is 2.47. The number of methoxy groups -OCH3 is 2. The minimum absolute atomic E-state index is 0.499. The molecule has 58 heavy (non-hydrogen) atoms. The Balaban J connectivity index is 1.21. The number of morpholine rings is 1. The monoisotopic (exact) mass is 763 g/mol. The molecule has 7 aromatic rings. The molecule has 0 radical (unpaired) electrons. The van der Waals surface area contributed by atoms with Gasteiger partial charge in [-0.2, -0.15) is 0 Å². The SMILES string of the molecule is CCC1(O)c2ccccc2-c2c1c1c(c3cc(OC)c(-c4ccc(-c5ccccc5)cc4)cc23)OC(c2ccc(OC)cc2)(c2ccc(N3CCOCC3)cc2)C=C1. The summed E-state index contributed by atoms with van der Waals surface area (Å²) < 4.78 is 25.1. The van der Waals surface area contributed by atoms with Crippen LogP contribution < -0.4 is 19.1 Å². The van der Waals surface area contributed by atoms with E-state index in [9.17, 15) is 5.11 Å². The molecule has 0 bridgehead atoms. The highest BCUT2D eigenvalue weighted by Crippen LogP contribution is 2.59. The van der Waals surface area contributed by atoms with E-state index >= 15 is 0 Å². The van der Waals surface area contributed by atoms with Gasteiger partial charge in [-0.15, -0.1) is 0 Å². The Morgan fingerprint density at radius 3 is 2.02 bits per heavy atom. The average molecular weight is 764 g/mol. The van der Waals surface area contributed by atoms with Crippen molar-refractivity contribution < 1.29 is 24.1 Å². The van der Waals surface area contributed by atoms with E-state index in [2.05, 4.69) is 139 Å². The fraction of sp³-hybridized carbons (Fsp3) is 0.192. The quantitative estimate of drug-likeness (QED) is 0.166. The normalized spacial score (nSPS) is 19.3. The van der Waals surface area contributed by atoms with Crippen molar-refractivity contribution in [2.45, 2.75) is 24.5 Å². The zero-order chi connectivity index (χ0) is 39.4. The first-order valence-corrected chi connectivity index (χ1v) is 20.1. The summed E-state index contributed by atoms with van der Waals surface area (Å²) in [5, 5.41) is 14.8. The Morgan fingerprint density at radius 1 is 0.672 bits per heavy atom. The summed E-state index contributed by atoms with van der Waals surface area (Å²) in [4.78, 5) is 2.36. The van der Waals surface area contributed by atoms with E-state index in [-0.39, 0.29) is 0 Å². The van der Waals surface area contributed by atoms with Crippen molar-refractivity contribution in [2.24, 2.45) is 0 Å². The summed E-state index contributed by atoms with van der Waals surface area (Å²) in [6, 6.07) is 48.6. The smallest absolute Gasteiger partial charge is 0.178 e. The van der Waals surface area contributed by atoms with Crippen LogP contribution in [0, 0.1) is 0 Å². The van der Waals surface area contributed by atoms with Gasteiger partial charge in [-0.1, -0.05) is 116 Å². The molecule has 10 rings (SSSR count). The van der Waals surface area contributed by atoms with Crippen LogP contribution in [0.15, 0.2) is 146 Å². The van der Waals surface area contributed by atoms with E-state index in [1.807, 2.05) is 24.3 Å². The molecule has 7 aromatic carbocycles. The van der Waals surface area contributed by atoms with Gasteiger partial charge in [0.1, 0.15) is 22.8 Å². The van der Waals surface area contributed by atoms with Crippen molar-refractivity contribution >= 4 is 22.5 Å². The Labute approximate surface area is 339 Å². The maximum absolute atomic E-state index is 12.9. The van der Waals surface area contributed by atoms with Crippen LogP contribution in [0.3, 0.4) is 0 Å². The maximum Gasteiger partial charge on any atom is 0.178 e. The molecule has 0 spiro atoms. The molecule has 6 heteroatoms. The number of benzene rings is 7.